The van der Waals surface area contributed by atoms with Crippen LogP contribution in [-0.2, 0) is 6.42 Å². The number of carbonyl (C=O) groups is 2. The summed E-state index contributed by atoms with van der Waals surface area (Å²) in [5, 5.41) is 13.7. The Morgan fingerprint density at radius 1 is 1.43 bits per heavy atom. The van der Waals surface area contributed by atoms with E-state index in [1.165, 1.54) is 4.57 Å². The molecule has 0 amide bonds. The first kappa shape index (κ1) is 15.1. The molecule has 3 rings (SSSR count). The van der Waals surface area contributed by atoms with E-state index in [0.717, 1.165) is 0 Å². The minimum atomic E-state index is -1.06. The lowest BCUT2D eigenvalue weighted by atomic mass is 9.82. The Morgan fingerprint density at radius 3 is 2.96 bits per heavy atom. The zero-order chi connectivity index (χ0) is 16.4. The molecule has 0 aliphatic heterocycles. The van der Waals surface area contributed by atoms with Crippen molar-refractivity contribution in [2.45, 2.75) is 25.7 Å². The molecule has 1 heterocycles. The number of aromatic nitrogens is 1. The lowest BCUT2D eigenvalue weighted by Gasteiger charge is -2.21. The molecule has 23 heavy (non-hydrogen) atoms. The molecule has 1 aromatic carbocycles. The highest BCUT2D eigenvalue weighted by atomic mass is 16.4. The largest absolute Gasteiger partial charge is 0.464 e. The molecule has 1 atom stereocenters. The molecule has 0 spiro atoms. The van der Waals surface area contributed by atoms with Crippen molar-refractivity contribution in [1.82, 2.24) is 4.57 Å². The van der Waals surface area contributed by atoms with Crippen molar-refractivity contribution < 1.29 is 14.7 Å². The molecule has 0 fully saturated rings. The summed E-state index contributed by atoms with van der Waals surface area (Å²) >= 11 is 0. The normalized spacial score (nSPS) is 16.9. The molecule has 1 aliphatic carbocycles. The van der Waals surface area contributed by atoms with Crippen molar-refractivity contribution >= 4 is 22.8 Å². The molecule has 0 radical (unpaired) electrons. The van der Waals surface area contributed by atoms with E-state index in [4.69, 9.17) is 5.53 Å². The Bertz CT molecular complexity index is 833. The average Bonchev–Trinajstić information content (AvgIpc) is 2.88. The lowest BCUT2D eigenvalue weighted by molar-refractivity contribution is 0.0894. The molecular weight excluding hydrogens is 296 g/mol. The maximum absolute atomic E-state index is 12.8. The van der Waals surface area contributed by atoms with Gasteiger partial charge >= 0.3 is 6.09 Å². The molecule has 1 aliphatic rings. The minimum Gasteiger partial charge on any atom is -0.464 e. The van der Waals surface area contributed by atoms with Crippen molar-refractivity contribution in [3.05, 3.63) is 46.0 Å². The number of para-hydroxylation sites is 1. The highest BCUT2D eigenvalue weighted by Crippen LogP contribution is 2.35. The lowest BCUT2D eigenvalue weighted by Crippen LogP contribution is -2.25. The van der Waals surface area contributed by atoms with Crippen LogP contribution in [0.5, 0.6) is 0 Å². The fourth-order valence-corrected chi connectivity index (χ4v) is 3.40. The van der Waals surface area contributed by atoms with Gasteiger partial charge in [0.1, 0.15) is 0 Å². The van der Waals surface area contributed by atoms with Crippen LogP contribution in [0.15, 0.2) is 29.4 Å². The third-order valence-corrected chi connectivity index (χ3v) is 4.38. The Morgan fingerprint density at radius 2 is 2.22 bits per heavy atom. The summed E-state index contributed by atoms with van der Waals surface area (Å²) in [6.45, 7) is 0.379. The van der Waals surface area contributed by atoms with Gasteiger partial charge in [0.05, 0.1) is 5.52 Å². The van der Waals surface area contributed by atoms with Gasteiger partial charge in [-0.15, -0.1) is 0 Å². The van der Waals surface area contributed by atoms with Crippen molar-refractivity contribution in [3.63, 3.8) is 0 Å². The standard InChI is InChI=1S/C16H16N4O3/c17-19-18-9-3-4-10-7-8-13-14(15(10)21)11-5-1-2-6-12(11)20(13)16(22)23/h1-2,5-6,10H,3-4,7-9H2,(H,22,23). The van der Waals surface area contributed by atoms with Gasteiger partial charge in [-0.05, 0) is 37.3 Å². The summed E-state index contributed by atoms with van der Waals surface area (Å²) in [4.78, 5) is 27.1. The van der Waals surface area contributed by atoms with Crippen LogP contribution in [0, 0.1) is 5.92 Å². The summed E-state index contributed by atoms with van der Waals surface area (Å²) < 4.78 is 1.23. The molecule has 118 valence electrons. The first-order valence-electron chi connectivity index (χ1n) is 7.55. The summed E-state index contributed by atoms with van der Waals surface area (Å²) in [5.41, 5.74) is 9.99. The predicted octanol–water partition coefficient (Wildman–Crippen LogP) is 4.00. The first-order chi connectivity index (χ1) is 11.1. The monoisotopic (exact) mass is 312 g/mol. The number of Topliss-reactive ketones (excluding diaryl/α,β-unsaturated/α-hetero) is 1. The van der Waals surface area contributed by atoms with Crippen LogP contribution in [0.25, 0.3) is 21.3 Å². The molecule has 1 N–H and O–H groups in total. The Kier molecular flexibility index (Phi) is 4.04. The molecule has 0 bridgehead atoms. The number of rotatable bonds is 4. The van der Waals surface area contributed by atoms with E-state index in [2.05, 4.69) is 10.0 Å². The fourth-order valence-electron chi connectivity index (χ4n) is 3.40. The number of carboxylic acid groups (broad SMARTS) is 1. The van der Waals surface area contributed by atoms with Gasteiger partial charge < -0.3 is 5.11 Å². The van der Waals surface area contributed by atoms with Gasteiger partial charge in [-0.3, -0.25) is 4.79 Å². The SMILES string of the molecule is [N-]=[N+]=NCCCC1CCc2c(c3ccccc3n2C(=O)O)C1=O. The van der Waals surface area contributed by atoms with Gasteiger partial charge in [-0.25, -0.2) is 9.36 Å². The van der Waals surface area contributed by atoms with Crippen molar-refractivity contribution in [2.24, 2.45) is 11.0 Å². The summed E-state index contributed by atoms with van der Waals surface area (Å²) in [6.07, 6.45) is 1.45. The molecule has 7 nitrogen and oxygen atoms in total. The number of benzene rings is 1. The number of azide groups is 1. The quantitative estimate of drug-likeness (QED) is 0.399. The first-order valence-corrected chi connectivity index (χ1v) is 7.55. The van der Waals surface area contributed by atoms with E-state index >= 15 is 0 Å². The van der Waals surface area contributed by atoms with Crippen LogP contribution >= 0.6 is 0 Å². The molecule has 7 heteroatoms. The van der Waals surface area contributed by atoms with Gasteiger partial charge in [0.2, 0.25) is 0 Å². The van der Waals surface area contributed by atoms with Crippen LogP contribution in [0.4, 0.5) is 4.79 Å². The van der Waals surface area contributed by atoms with E-state index in [9.17, 15) is 14.7 Å². The van der Waals surface area contributed by atoms with Crippen molar-refractivity contribution in [2.75, 3.05) is 6.54 Å². The second-order valence-electron chi connectivity index (χ2n) is 5.65. The summed E-state index contributed by atoms with van der Waals surface area (Å²) in [6, 6.07) is 7.11. The molecule has 0 saturated carbocycles. The highest BCUT2D eigenvalue weighted by Gasteiger charge is 2.33. The summed E-state index contributed by atoms with van der Waals surface area (Å²) in [7, 11) is 0. The Labute approximate surface area is 132 Å². The third-order valence-electron chi connectivity index (χ3n) is 4.38. The topological polar surface area (TPSA) is 108 Å². The van der Waals surface area contributed by atoms with Crippen molar-refractivity contribution in [1.29, 1.82) is 0 Å². The molecule has 1 aromatic heterocycles. The number of carbonyl (C=O) groups excluding carboxylic acids is 1. The van der Waals surface area contributed by atoms with E-state index in [-0.39, 0.29) is 11.7 Å². The fraction of sp³-hybridized carbons (Fsp3) is 0.375. The Hall–Kier alpha value is -2.79. The average molecular weight is 312 g/mol. The van der Waals surface area contributed by atoms with Crippen LogP contribution in [-0.4, -0.2) is 28.1 Å². The van der Waals surface area contributed by atoms with E-state index < -0.39 is 6.09 Å². The summed E-state index contributed by atoms with van der Waals surface area (Å²) in [5.74, 6) is -0.132. The van der Waals surface area contributed by atoms with Crippen LogP contribution < -0.4 is 0 Å². The van der Waals surface area contributed by atoms with Gasteiger partial charge in [0.25, 0.3) is 0 Å². The van der Waals surface area contributed by atoms with Crippen LogP contribution in [0.2, 0.25) is 0 Å². The van der Waals surface area contributed by atoms with E-state index in [1.807, 2.05) is 6.07 Å². The maximum atomic E-state index is 12.8. The zero-order valence-corrected chi connectivity index (χ0v) is 12.5. The van der Waals surface area contributed by atoms with Crippen LogP contribution in [0.1, 0.15) is 35.3 Å². The predicted molar refractivity (Wildman–Crippen MR) is 84.7 cm³/mol. The Balaban J connectivity index is 1.99. The third kappa shape index (κ3) is 2.55. The van der Waals surface area contributed by atoms with Gasteiger partial charge in [-0.1, -0.05) is 23.3 Å². The number of nitrogens with zero attached hydrogens (tertiary/aromatic N) is 4. The van der Waals surface area contributed by atoms with E-state index in [0.29, 0.717) is 54.4 Å². The molecule has 1 unspecified atom stereocenters. The van der Waals surface area contributed by atoms with Crippen molar-refractivity contribution in [3.8, 4) is 0 Å². The number of hydrogen-bond acceptors (Lipinski definition) is 3. The number of hydrogen-bond donors (Lipinski definition) is 1. The zero-order valence-electron chi connectivity index (χ0n) is 12.5. The van der Waals surface area contributed by atoms with E-state index in [1.54, 1.807) is 18.2 Å². The second-order valence-corrected chi connectivity index (χ2v) is 5.65. The van der Waals surface area contributed by atoms with Gasteiger partial charge in [0.15, 0.2) is 5.78 Å². The smallest absolute Gasteiger partial charge is 0.416 e. The van der Waals surface area contributed by atoms with Gasteiger partial charge in [-0.2, -0.15) is 0 Å². The highest BCUT2D eigenvalue weighted by molar-refractivity contribution is 6.13. The second kappa shape index (κ2) is 6.14. The van der Waals surface area contributed by atoms with Crippen LogP contribution in [0.3, 0.4) is 0 Å². The minimum absolute atomic E-state index is 0.00314. The molecular formula is C16H16N4O3. The molecule has 0 saturated heterocycles. The maximum Gasteiger partial charge on any atom is 0.416 e. The molecule has 2 aromatic rings. The number of ketones is 1. The van der Waals surface area contributed by atoms with Gasteiger partial charge in [0, 0.05) is 34.0 Å². The number of fused-ring (bicyclic) bond motifs is 3.